The number of ether oxygens (including phenoxy) is 1. The van der Waals surface area contributed by atoms with Gasteiger partial charge in [0.2, 0.25) is 0 Å². The molecule has 1 aliphatic heterocycles. The van der Waals surface area contributed by atoms with Crippen molar-refractivity contribution in [3.8, 4) is 5.75 Å². The first-order valence-corrected chi connectivity index (χ1v) is 6.60. The highest BCUT2D eigenvalue weighted by molar-refractivity contribution is 6.35. The van der Waals surface area contributed by atoms with Gasteiger partial charge in [-0.2, -0.15) is 0 Å². The molecule has 1 amide bonds. The van der Waals surface area contributed by atoms with Gasteiger partial charge in [-0.3, -0.25) is 9.59 Å². The highest BCUT2D eigenvalue weighted by atomic mass is 19.1. The molecule has 22 heavy (non-hydrogen) atoms. The molecule has 0 saturated heterocycles. The number of nitrogens with one attached hydrogen (secondary N) is 1. The van der Waals surface area contributed by atoms with E-state index in [1.54, 1.807) is 24.3 Å². The summed E-state index contributed by atoms with van der Waals surface area (Å²) in [4.78, 5) is 24.4. The van der Waals surface area contributed by atoms with Gasteiger partial charge in [0, 0.05) is 11.3 Å². The van der Waals surface area contributed by atoms with Crippen molar-refractivity contribution in [2.45, 2.75) is 0 Å². The third kappa shape index (κ3) is 2.37. The van der Waals surface area contributed by atoms with Crippen LogP contribution >= 0.6 is 0 Å². The van der Waals surface area contributed by atoms with Gasteiger partial charge in [0.25, 0.3) is 5.91 Å². The molecule has 0 aromatic heterocycles. The van der Waals surface area contributed by atoms with Gasteiger partial charge >= 0.3 is 0 Å². The number of para-hydroxylation sites is 1. The van der Waals surface area contributed by atoms with E-state index in [0.29, 0.717) is 22.6 Å². The van der Waals surface area contributed by atoms with Crippen molar-refractivity contribution in [1.29, 1.82) is 0 Å². The molecule has 0 fully saturated rings. The fraction of sp³-hybridized carbons (Fsp3) is 0.0588. The molecular weight excluding hydrogens is 285 g/mol. The average molecular weight is 297 g/mol. The molecule has 0 spiro atoms. The van der Waals surface area contributed by atoms with Gasteiger partial charge < -0.3 is 10.1 Å². The molecule has 2 aromatic rings. The molecule has 4 nitrogen and oxygen atoms in total. The quantitative estimate of drug-likeness (QED) is 0.700. The van der Waals surface area contributed by atoms with Crippen molar-refractivity contribution < 1.29 is 18.7 Å². The number of benzene rings is 2. The van der Waals surface area contributed by atoms with Crippen LogP contribution in [-0.4, -0.2) is 18.8 Å². The number of rotatable bonds is 3. The summed E-state index contributed by atoms with van der Waals surface area (Å²) in [6, 6.07) is 10.7. The number of ketones is 1. The number of hydrogen-bond donors (Lipinski definition) is 1. The molecule has 0 radical (unpaired) electrons. The molecule has 0 aliphatic carbocycles. The zero-order valence-corrected chi connectivity index (χ0v) is 11.7. The van der Waals surface area contributed by atoms with Crippen LogP contribution in [0.2, 0.25) is 0 Å². The topological polar surface area (TPSA) is 55.4 Å². The lowest BCUT2D eigenvalue weighted by atomic mass is 10.0. The highest BCUT2D eigenvalue weighted by Crippen LogP contribution is 2.32. The molecule has 110 valence electrons. The van der Waals surface area contributed by atoms with Crippen LogP contribution in [0.1, 0.15) is 15.9 Å². The van der Waals surface area contributed by atoms with E-state index >= 15 is 0 Å². The molecule has 0 atom stereocenters. The first-order chi connectivity index (χ1) is 10.6. The number of carbonyl (C=O) groups excluding carboxylic acids is 2. The van der Waals surface area contributed by atoms with Gasteiger partial charge in [-0.05, 0) is 36.4 Å². The first kappa shape index (κ1) is 14.0. The SMILES string of the molecule is COc1ccccc1C(=O)/C=C1\C(=O)Nc2ccc(F)cc21. The van der Waals surface area contributed by atoms with Crippen molar-refractivity contribution in [2.24, 2.45) is 0 Å². The highest BCUT2D eigenvalue weighted by Gasteiger charge is 2.26. The van der Waals surface area contributed by atoms with E-state index in [1.165, 1.54) is 31.4 Å². The van der Waals surface area contributed by atoms with Gasteiger partial charge in [0.05, 0.1) is 18.2 Å². The van der Waals surface area contributed by atoms with Crippen LogP contribution < -0.4 is 10.1 Å². The van der Waals surface area contributed by atoms with Crippen molar-refractivity contribution in [1.82, 2.24) is 0 Å². The van der Waals surface area contributed by atoms with Crippen LogP contribution in [-0.2, 0) is 4.79 Å². The largest absolute Gasteiger partial charge is 0.496 e. The Kier molecular flexibility index (Phi) is 3.47. The predicted octanol–water partition coefficient (Wildman–Crippen LogP) is 3.05. The van der Waals surface area contributed by atoms with Crippen molar-refractivity contribution in [2.75, 3.05) is 12.4 Å². The minimum absolute atomic E-state index is 0.144. The summed E-state index contributed by atoms with van der Waals surface area (Å²) in [6.07, 6.45) is 1.21. The summed E-state index contributed by atoms with van der Waals surface area (Å²) in [5.74, 6) is -0.850. The average Bonchev–Trinajstić information content (AvgIpc) is 2.83. The maximum absolute atomic E-state index is 13.4. The monoisotopic (exact) mass is 297 g/mol. The Balaban J connectivity index is 2.04. The zero-order valence-electron chi connectivity index (χ0n) is 11.7. The number of fused-ring (bicyclic) bond motifs is 1. The van der Waals surface area contributed by atoms with Crippen molar-refractivity contribution in [3.63, 3.8) is 0 Å². The molecule has 1 aliphatic rings. The lowest BCUT2D eigenvalue weighted by molar-refractivity contribution is -0.110. The minimum atomic E-state index is -0.467. The summed E-state index contributed by atoms with van der Waals surface area (Å²) < 4.78 is 18.5. The lowest BCUT2D eigenvalue weighted by Gasteiger charge is -2.05. The number of hydrogen-bond acceptors (Lipinski definition) is 3. The minimum Gasteiger partial charge on any atom is -0.496 e. The molecule has 3 rings (SSSR count). The maximum atomic E-state index is 13.4. The zero-order chi connectivity index (χ0) is 15.7. The summed E-state index contributed by atoms with van der Waals surface area (Å²) in [7, 11) is 1.46. The molecule has 2 aromatic carbocycles. The van der Waals surface area contributed by atoms with E-state index < -0.39 is 11.7 Å². The summed E-state index contributed by atoms with van der Waals surface area (Å²) in [5, 5.41) is 2.60. The number of amides is 1. The Bertz CT molecular complexity index is 811. The standard InChI is InChI=1S/C17H12FNO3/c1-22-16-5-3-2-4-11(16)15(20)9-13-12-8-10(18)6-7-14(12)19-17(13)21/h2-9H,1H3,(H,19,21)/b13-9-. The van der Waals surface area contributed by atoms with E-state index in [9.17, 15) is 14.0 Å². The van der Waals surface area contributed by atoms with Crippen LogP contribution in [0, 0.1) is 5.82 Å². The molecule has 0 bridgehead atoms. The van der Waals surface area contributed by atoms with E-state index in [0.717, 1.165) is 0 Å². The third-order valence-electron chi connectivity index (χ3n) is 3.41. The van der Waals surface area contributed by atoms with Crippen LogP contribution in [0.5, 0.6) is 5.75 Å². The van der Waals surface area contributed by atoms with Crippen molar-refractivity contribution in [3.05, 3.63) is 65.5 Å². The smallest absolute Gasteiger partial charge is 0.256 e. The fourth-order valence-corrected chi connectivity index (χ4v) is 2.36. The Morgan fingerprint density at radius 1 is 1.23 bits per heavy atom. The van der Waals surface area contributed by atoms with Gasteiger partial charge in [-0.1, -0.05) is 12.1 Å². The van der Waals surface area contributed by atoms with E-state index in [1.807, 2.05) is 0 Å². The lowest BCUT2D eigenvalue weighted by Crippen LogP contribution is -2.06. The normalized spacial score (nSPS) is 14.6. The van der Waals surface area contributed by atoms with Gasteiger partial charge in [0.15, 0.2) is 5.78 Å². The summed E-state index contributed by atoms with van der Waals surface area (Å²) in [5.41, 5.74) is 1.36. The second-order valence-corrected chi connectivity index (χ2v) is 4.77. The summed E-state index contributed by atoms with van der Waals surface area (Å²) >= 11 is 0. The Morgan fingerprint density at radius 2 is 2.00 bits per heavy atom. The fourth-order valence-electron chi connectivity index (χ4n) is 2.36. The molecule has 5 heteroatoms. The van der Waals surface area contributed by atoms with E-state index in [2.05, 4.69) is 5.32 Å². The van der Waals surface area contributed by atoms with Crippen LogP contribution in [0.4, 0.5) is 10.1 Å². The van der Waals surface area contributed by atoms with Gasteiger partial charge in [-0.25, -0.2) is 4.39 Å². The van der Waals surface area contributed by atoms with Crippen molar-refractivity contribution >= 4 is 23.0 Å². The second-order valence-electron chi connectivity index (χ2n) is 4.77. The molecule has 0 saturated carbocycles. The molecule has 1 N–H and O–H groups in total. The van der Waals surface area contributed by atoms with E-state index in [-0.39, 0.29) is 11.4 Å². The maximum Gasteiger partial charge on any atom is 0.256 e. The van der Waals surface area contributed by atoms with Crippen LogP contribution in [0.25, 0.3) is 5.57 Å². The number of halogens is 1. The van der Waals surface area contributed by atoms with Gasteiger partial charge in [-0.15, -0.1) is 0 Å². The number of anilines is 1. The number of allylic oxidation sites excluding steroid dienone is 1. The molecule has 1 heterocycles. The Hall–Kier alpha value is -2.95. The number of methoxy groups -OCH3 is 1. The van der Waals surface area contributed by atoms with Gasteiger partial charge in [0.1, 0.15) is 11.6 Å². The molecular formula is C17H12FNO3. The first-order valence-electron chi connectivity index (χ1n) is 6.60. The summed E-state index contributed by atoms with van der Waals surface area (Å²) in [6.45, 7) is 0. The third-order valence-corrected chi connectivity index (χ3v) is 3.41. The Morgan fingerprint density at radius 3 is 2.77 bits per heavy atom. The van der Waals surface area contributed by atoms with E-state index in [4.69, 9.17) is 4.74 Å². The molecule has 0 unspecified atom stereocenters. The number of carbonyl (C=O) groups is 2. The Labute approximate surface area is 126 Å². The second kappa shape index (κ2) is 5.44. The van der Waals surface area contributed by atoms with Crippen LogP contribution in [0.3, 0.4) is 0 Å². The predicted molar refractivity (Wildman–Crippen MR) is 80.3 cm³/mol. The van der Waals surface area contributed by atoms with Crippen LogP contribution in [0.15, 0.2) is 48.5 Å².